The van der Waals surface area contributed by atoms with Crippen LogP contribution in [0.2, 0.25) is 0 Å². The van der Waals surface area contributed by atoms with Gasteiger partial charge in [0.25, 0.3) is 5.56 Å². The molecule has 0 amide bonds. The molecule has 0 saturated carbocycles. The summed E-state index contributed by atoms with van der Waals surface area (Å²) in [5, 5.41) is 0. The molecule has 1 saturated heterocycles. The Bertz CT molecular complexity index is 632. The molecule has 1 aliphatic heterocycles. The van der Waals surface area contributed by atoms with Crippen LogP contribution in [0.3, 0.4) is 0 Å². The average Bonchev–Trinajstić information content (AvgIpc) is 2.86. The molecule has 1 aliphatic rings. The van der Waals surface area contributed by atoms with Gasteiger partial charge in [-0.1, -0.05) is 0 Å². The molecule has 0 N–H and O–H groups in total. The molecule has 0 atom stereocenters. The molecule has 18 heavy (non-hydrogen) atoms. The first-order chi connectivity index (χ1) is 8.74. The average molecular weight is 247 g/mol. The van der Waals surface area contributed by atoms with Crippen LogP contribution in [-0.4, -0.2) is 34.0 Å². The summed E-state index contributed by atoms with van der Waals surface area (Å²) in [6.45, 7) is 3.35. The predicted octanol–water partition coefficient (Wildman–Crippen LogP) is 0.473. The predicted molar refractivity (Wildman–Crippen MR) is 64.2 cm³/mol. The molecule has 2 aromatic rings. The summed E-state index contributed by atoms with van der Waals surface area (Å²) in [6, 6.07) is 3.72. The van der Waals surface area contributed by atoms with Gasteiger partial charge >= 0.3 is 0 Å². The Balaban J connectivity index is 2.10. The third-order valence-corrected chi connectivity index (χ3v) is 2.85. The Morgan fingerprint density at radius 2 is 2.17 bits per heavy atom. The van der Waals surface area contributed by atoms with Gasteiger partial charge in [-0.05, 0) is 19.1 Å². The normalized spacial score (nSPS) is 16.5. The van der Waals surface area contributed by atoms with Crippen molar-refractivity contribution >= 4 is 11.2 Å². The van der Waals surface area contributed by atoms with Crippen LogP contribution in [0.15, 0.2) is 23.1 Å². The van der Waals surface area contributed by atoms with E-state index < -0.39 is 0 Å². The third kappa shape index (κ3) is 2.00. The van der Waals surface area contributed by atoms with Crippen molar-refractivity contribution in [2.75, 3.05) is 13.2 Å². The number of pyridine rings is 1. The highest BCUT2D eigenvalue weighted by Gasteiger charge is 2.18. The molecule has 2 aromatic heterocycles. The van der Waals surface area contributed by atoms with Gasteiger partial charge in [-0.15, -0.1) is 0 Å². The SMILES string of the molecule is Cc1ccc2ncc(=O)n(CC3OCCO3)c2n1. The fraction of sp³-hybridized carbons (Fsp3) is 0.417. The van der Waals surface area contributed by atoms with E-state index in [1.807, 2.05) is 19.1 Å². The molecule has 3 heterocycles. The number of aromatic nitrogens is 3. The maximum atomic E-state index is 11.9. The molecule has 6 nitrogen and oxygen atoms in total. The van der Waals surface area contributed by atoms with E-state index in [-0.39, 0.29) is 11.8 Å². The van der Waals surface area contributed by atoms with Gasteiger partial charge in [0.15, 0.2) is 11.9 Å². The highest BCUT2D eigenvalue weighted by Crippen LogP contribution is 2.11. The van der Waals surface area contributed by atoms with Crippen molar-refractivity contribution in [2.24, 2.45) is 0 Å². The first-order valence-electron chi connectivity index (χ1n) is 5.80. The van der Waals surface area contributed by atoms with Gasteiger partial charge in [0.2, 0.25) is 0 Å². The van der Waals surface area contributed by atoms with Crippen LogP contribution < -0.4 is 5.56 Å². The molecule has 0 bridgehead atoms. The summed E-state index contributed by atoms with van der Waals surface area (Å²) in [4.78, 5) is 20.3. The van der Waals surface area contributed by atoms with E-state index in [0.717, 1.165) is 5.69 Å². The van der Waals surface area contributed by atoms with Crippen molar-refractivity contribution < 1.29 is 9.47 Å². The van der Waals surface area contributed by atoms with Gasteiger partial charge in [0, 0.05) is 5.69 Å². The van der Waals surface area contributed by atoms with Crippen molar-refractivity contribution in [3.8, 4) is 0 Å². The van der Waals surface area contributed by atoms with E-state index in [0.29, 0.717) is 30.9 Å². The molecule has 0 radical (unpaired) electrons. The fourth-order valence-electron chi connectivity index (χ4n) is 1.97. The number of ether oxygens (including phenoxy) is 2. The molecule has 3 rings (SSSR count). The van der Waals surface area contributed by atoms with Gasteiger partial charge in [-0.3, -0.25) is 9.36 Å². The maximum Gasteiger partial charge on any atom is 0.270 e. The van der Waals surface area contributed by atoms with Crippen LogP contribution in [0.4, 0.5) is 0 Å². The molecule has 94 valence electrons. The largest absolute Gasteiger partial charge is 0.348 e. The summed E-state index contributed by atoms with van der Waals surface area (Å²) >= 11 is 0. The van der Waals surface area contributed by atoms with E-state index in [9.17, 15) is 4.79 Å². The number of rotatable bonds is 2. The zero-order valence-electron chi connectivity index (χ0n) is 10.00. The molecule has 0 spiro atoms. The Morgan fingerprint density at radius 1 is 1.39 bits per heavy atom. The van der Waals surface area contributed by atoms with Gasteiger partial charge in [0.05, 0.1) is 26.0 Å². The lowest BCUT2D eigenvalue weighted by molar-refractivity contribution is -0.0524. The van der Waals surface area contributed by atoms with Gasteiger partial charge in [0.1, 0.15) is 5.52 Å². The van der Waals surface area contributed by atoms with Crippen LogP contribution >= 0.6 is 0 Å². The number of aryl methyl sites for hydroxylation is 1. The second-order valence-corrected chi connectivity index (χ2v) is 4.17. The first kappa shape index (κ1) is 11.3. The Morgan fingerprint density at radius 3 is 2.94 bits per heavy atom. The van der Waals surface area contributed by atoms with Crippen LogP contribution in [0.25, 0.3) is 11.2 Å². The zero-order chi connectivity index (χ0) is 12.5. The van der Waals surface area contributed by atoms with Crippen molar-refractivity contribution in [3.05, 3.63) is 34.4 Å². The van der Waals surface area contributed by atoms with Crippen molar-refractivity contribution in [1.82, 2.24) is 14.5 Å². The van der Waals surface area contributed by atoms with Crippen LogP contribution in [0, 0.1) is 6.92 Å². The minimum atomic E-state index is -0.379. The number of nitrogens with zero attached hydrogens (tertiary/aromatic N) is 3. The quantitative estimate of drug-likeness (QED) is 0.772. The van der Waals surface area contributed by atoms with Gasteiger partial charge < -0.3 is 9.47 Å². The highest BCUT2D eigenvalue weighted by molar-refractivity contribution is 5.69. The van der Waals surface area contributed by atoms with E-state index in [1.165, 1.54) is 6.20 Å². The Labute approximate surface area is 103 Å². The Kier molecular flexibility index (Phi) is 2.81. The minimum absolute atomic E-state index is 0.195. The van der Waals surface area contributed by atoms with Gasteiger partial charge in [-0.25, -0.2) is 9.97 Å². The second-order valence-electron chi connectivity index (χ2n) is 4.17. The van der Waals surface area contributed by atoms with Crippen LogP contribution in [0.5, 0.6) is 0 Å². The minimum Gasteiger partial charge on any atom is -0.348 e. The number of fused-ring (bicyclic) bond motifs is 1. The van der Waals surface area contributed by atoms with E-state index in [1.54, 1.807) is 4.57 Å². The van der Waals surface area contributed by atoms with Crippen LogP contribution in [-0.2, 0) is 16.0 Å². The lowest BCUT2D eigenvalue weighted by atomic mass is 10.3. The lowest BCUT2D eigenvalue weighted by Crippen LogP contribution is -2.28. The van der Waals surface area contributed by atoms with E-state index in [4.69, 9.17) is 9.47 Å². The van der Waals surface area contributed by atoms with Crippen molar-refractivity contribution in [2.45, 2.75) is 19.8 Å². The molecule has 1 fully saturated rings. The summed E-state index contributed by atoms with van der Waals surface area (Å²) in [6.07, 6.45) is 0.921. The maximum absolute atomic E-state index is 11.9. The zero-order valence-corrected chi connectivity index (χ0v) is 10.00. The highest BCUT2D eigenvalue weighted by atomic mass is 16.7. The molecule has 6 heteroatoms. The lowest BCUT2D eigenvalue weighted by Gasteiger charge is -2.13. The fourth-order valence-corrected chi connectivity index (χ4v) is 1.97. The standard InChI is InChI=1S/C12H13N3O3/c1-8-2-3-9-12(14-8)15(10(16)6-13-9)7-11-17-4-5-18-11/h2-3,6,11H,4-5,7H2,1H3. The summed E-state index contributed by atoms with van der Waals surface area (Å²) in [5.74, 6) is 0. The molecular formula is C12H13N3O3. The van der Waals surface area contributed by atoms with Crippen LogP contribution in [0.1, 0.15) is 5.69 Å². The van der Waals surface area contributed by atoms with Gasteiger partial charge in [-0.2, -0.15) is 0 Å². The summed E-state index contributed by atoms with van der Waals surface area (Å²) < 4.78 is 12.3. The second kappa shape index (κ2) is 4.47. The Hall–Kier alpha value is -1.79. The van der Waals surface area contributed by atoms with Crippen molar-refractivity contribution in [3.63, 3.8) is 0 Å². The number of hydrogen-bond acceptors (Lipinski definition) is 5. The first-order valence-corrected chi connectivity index (χ1v) is 5.80. The summed E-state index contributed by atoms with van der Waals surface area (Å²) in [7, 11) is 0. The molecule has 0 unspecified atom stereocenters. The van der Waals surface area contributed by atoms with E-state index >= 15 is 0 Å². The van der Waals surface area contributed by atoms with Crippen molar-refractivity contribution in [1.29, 1.82) is 0 Å². The topological polar surface area (TPSA) is 66.2 Å². The number of hydrogen-bond donors (Lipinski definition) is 0. The summed E-state index contributed by atoms with van der Waals surface area (Å²) in [5.41, 5.74) is 1.91. The molecule has 0 aliphatic carbocycles. The molecular weight excluding hydrogens is 234 g/mol. The monoisotopic (exact) mass is 247 g/mol. The molecule has 0 aromatic carbocycles. The smallest absolute Gasteiger partial charge is 0.270 e. The third-order valence-electron chi connectivity index (χ3n) is 2.85. The van der Waals surface area contributed by atoms with E-state index in [2.05, 4.69) is 9.97 Å².